The van der Waals surface area contributed by atoms with E-state index in [-0.39, 0.29) is 23.9 Å². The van der Waals surface area contributed by atoms with E-state index in [0.717, 1.165) is 11.1 Å². The Morgan fingerprint density at radius 2 is 1.61 bits per heavy atom. The molecule has 0 unspecified atom stereocenters. The van der Waals surface area contributed by atoms with Gasteiger partial charge in [0, 0.05) is 18.7 Å². The topological polar surface area (TPSA) is 117 Å². The number of hydrogen-bond acceptors (Lipinski definition) is 8. The van der Waals surface area contributed by atoms with Crippen LogP contribution in [0.4, 0.5) is 0 Å². The van der Waals surface area contributed by atoms with Crippen LogP contribution in [0.25, 0.3) is 28.2 Å². The molecule has 1 N–H and O–H groups in total. The number of benzene rings is 3. The summed E-state index contributed by atoms with van der Waals surface area (Å²) in [6.07, 6.45) is 0. The van der Waals surface area contributed by atoms with Gasteiger partial charge in [-0.25, -0.2) is 13.1 Å². The van der Waals surface area contributed by atoms with E-state index in [9.17, 15) is 8.42 Å². The number of ether oxygens (including phenoxy) is 3. The lowest BCUT2D eigenvalue weighted by atomic mass is 10.1. The molecule has 5 rings (SSSR count). The Hall–Kier alpha value is -4.48. The minimum absolute atomic E-state index is 0.0594. The second kappa shape index (κ2) is 10.9. The molecule has 194 valence electrons. The average molecular weight is 532 g/mol. The number of nitrogens with one attached hydrogen (secondary N) is 1. The summed E-state index contributed by atoms with van der Waals surface area (Å²) >= 11 is 0. The molecule has 3 aromatic carbocycles. The van der Waals surface area contributed by atoms with E-state index in [1.807, 2.05) is 36.4 Å². The molecule has 2 heterocycles. The predicted octanol–water partition coefficient (Wildman–Crippen LogP) is 3.83. The molecule has 11 heteroatoms. The third kappa shape index (κ3) is 5.29. The van der Waals surface area contributed by atoms with Crippen LogP contribution in [-0.2, 0) is 10.0 Å². The Balaban J connectivity index is 1.24. The zero-order valence-electron chi connectivity index (χ0n) is 20.7. The molecular weight excluding hydrogens is 506 g/mol. The summed E-state index contributed by atoms with van der Waals surface area (Å²) in [4.78, 5) is 0.180. The lowest BCUT2D eigenvalue weighted by Crippen LogP contribution is -2.28. The summed E-state index contributed by atoms with van der Waals surface area (Å²) in [5.41, 5.74) is 3.15. The van der Waals surface area contributed by atoms with Gasteiger partial charge in [0.05, 0.1) is 24.7 Å². The lowest BCUT2D eigenvalue weighted by molar-refractivity contribution is 0.306. The quantitative estimate of drug-likeness (QED) is 0.270. The highest BCUT2D eigenvalue weighted by Gasteiger charge is 2.17. The highest BCUT2D eigenvalue weighted by Crippen LogP contribution is 2.32. The number of methoxy groups -OCH3 is 2. The van der Waals surface area contributed by atoms with E-state index in [4.69, 9.17) is 14.2 Å². The smallest absolute Gasteiger partial charge is 0.240 e. The van der Waals surface area contributed by atoms with Gasteiger partial charge in [0.2, 0.25) is 15.9 Å². The fourth-order valence-electron chi connectivity index (χ4n) is 3.87. The molecule has 0 aliphatic heterocycles. The standard InChI is InChI=1S/C27H25N5O5S/c1-35-21-10-13-23(24(18-21)36-2)27-30-29-25-14-15-26(31-32(25)27)37-17-16-28-38(33,34)22-11-8-20(9-12-22)19-6-4-3-5-7-19/h3-15,18,28H,16-17H2,1-2H3. The number of aromatic nitrogens is 4. The molecule has 0 amide bonds. The van der Waals surface area contributed by atoms with Crippen molar-refractivity contribution in [2.24, 2.45) is 0 Å². The van der Waals surface area contributed by atoms with Gasteiger partial charge in [0.25, 0.3) is 0 Å². The Morgan fingerprint density at radius 1 is 0.842 bits per heavy atom. The molecule has 0 atom stereocenters. The van der Waals surface area contributed by atoms with Crippen molar-refractivity contribution in [1.29, 1.82) is 0 Å². The van der Waals surface area contributed by atoms with Gasteiger partial charge in [-0.1, -0.05) is 42.5 Å². The first kappa shape index (κ1) is 25.2. The summed E-state index contributed by atoms with van der Waals surface area (Å²) in [5.74, 6) is 1.95. The number of sulfonamides is 1. The SMILES string of the molecule is COc1ccc(-c2nnc3ccc(OCCNS(=O)(=O)c4ccc(-c5ccccc5)cc4)nn23)c(OC)c1. The van der Waals surface area contributed by atoms with Gasteiger partial charge in [0.1, 0.15) is 18.1 Å². The van der Waals surface area contributed by atoms with E-state index in [1.165, 1.54) is 4.52 Å². The molecule has 0 saturated heterocycles. The third-order valence-corrected chi connectivity index (χ3v) is 7.28. The molecule has 10 nitrogen and oxygen atoms in total. The van der Waals surface area contributed by atoms with Crippen molar-refractivity contribution in [3.05, 3.63) is 84.9 Å². The van der Waals surface area contributed by atoms with E-state index >= 15 is 0 Å². The second-order valence-electron chi connectivity index (χ2n) is 8.17. The van der Waals surface area contributed by atoms with Crippen LogP contribution in [0.15, 0.2) is 89.8 Å². The summed E-state index contributed by atoms with van der Waals surface area (Å²) < 4.78 is 46.0. The zero-order chi connectivity index (χ0) is 26.5. The summed E-state index contributed by atoms with van der Waals surface area (Å²) in [6.45, 7) is 0.132. The van der Waals surface area contributed by atoms with Gasteiger partial charge in [-0.3, -0.25) is 0 Å². The summed E-state index contributed by atoms with van der Waals surface area (Å²) in [5, 5.41) is 12.9. The van der Waals surface area contributed by atoms with Crippen LogP contribution in [0.1, 0.15) is 0 Å². The molecule has 0 bridgehead atoms. The zero-order valence-corrected chi connectivity index (χ0v) is 21.6. The third-order valence-electron chi connectivity index (χ3n) is 5.80. The number of rotatable bonds is 10. The predicted molar refractivity (Wildman–Crippen MR) is 142 cm³/mol. The minimum atomic E-state index is -3.70. The van der Waals surface area contributed by atoms with Crippen LogP contribution in [0, 0.1) is 0 Å². The number of hydrogen-bond donors (Lipinski definition) is 1. The van der Waals surface area contributed by atoms with Crippen LogP contribution in [0.2, 0.25) is 0 Å². The average Bonchev–Trinajstić information content (AvgIpc) is 3.38. The molecule has 38 heavy (non-hydrogen) atoms. The normalized spacial score (nSPS) is 11.4. The van der Waals surface area contributed by atoms with E-state index < -0.39 is 10.0 Å². The fraction of sp³-hybridized carbons (Fsp3) is 0.148. The highest BCUT2D eigenvalue weighted by molar-refractivity contribution is 7.89. The first-order valence-corrected chi connectivity index (χ1v) is 13.2. The molecule has 0 radical (unpaired) electrons. The summed E-state index contributed by atoms with van der Waals surface area (Å²) in [6, 6.07) is 25.2. The van der Waals surface area contributed by atoms with E-state index in [0.29, 0.717) is 28.5 Å². The van der Waals surface area contributed by atoms with E-state index in [1.54, 1.807) is 62.8 Å². The van der Waals surface area contributed by atoms with Crippen molar-refractivity contribution in [2.75, 3.05) is 27.4 Å². The van der Waals surface area contributed by atoms with Gasteiger partial charge in [-0.2, -0.15) is 4.52 Å². The molecule has 5 aromatic rings. The van der Waals surface area contributed by atoms with Crippen molar-refractivity contribution in [3.8, 4) is 39.9 Å². The largest absolute Gasteiger partial charge is 0.497 e. The Kier molecular flexibility index (Phi) is 7.20. The number of fused-ring (bicyclic) bond motifs is 1. The van der Waals surface area contributed by atoms with Gasteiger partial charge >= 0.3 is 0 Å². The van der Waals surface area contributed by atoms with Crippen LogP contribution < -0.4 is 18.9 Å². The molecule has 0 aliphatic rings. The van der Waals surface area contributed by atoms with Gasteiger partial charge in [-0.15, -0.1) is 15.3 Å². The Morgan fingerprint density at radius 3 is 2.34 bits per heavy atom. The Bertz CT molecular complexity index is 1660. The van der Waals surface area contributed by atoms with Gasteiger partial charge < -0.3 is 14.2 Å². The second-order valence-corrected chi connectivity index (χ2v) is 9.93. The maximum atomic E-state index is 12.7. The van der Waals surface area contributed by atoms with Crippen molar-refractivity contribution in [3.63, 3.8) is 0 Å². The highest BCUT2D eigenvalue weighted by atomic mass is 32.2. The molecule has 0 saturated carbocycles. The first-order chi connectivity index (χ1) is 18.5. The summed E-state index contributed by atoms with van der Waals surface area (Å²) in [7, 11) is -0.560. The molecule has 0 fully saturated rings. The van der Waals surface area contributed by atoms with Crippen LogP contribution in [0.3, 0.4) is 0 Å². The maximum Gasteiger partial charge on any atom is 0.240 e. The number of nitrogens with zero attached hydrogens (tertiary/aromatic N) is 4. The van der Waals surface area contributed by atoms with E-state index in [2.05, 4.69) is 20.0 Å². The molecule has 2 aromatic heterocycles. The Labute approximate surface area is 219 Å². The van der Waals surface area contributed by atoms with Crippen molar-refractivity contribution >= 4 is 15.7 Å². The van der Waals surface area contributed by atoms with Crippen molar-refractivity contribution < 1.29 is 22.6 Å². The molecule has 0 spiro atoms. The fourth-order valence-corrected chi connectivity index (χ4v) is 4.89. The van der Waals surface area contributed by atoms with Gasteiger partial charge in [0.15, 0.2) is 11.5 Å². The monoisotopic (exact) mass is 531 g/mol. The van der Waals surface area contributed by atoms with Crippen LogP contribution in [0.5, 0.6) is 17.4 Å². The lowest BCUT2D eigenvalue weighted by Gasteiger charge is -2.10. The van der Waals surface area contributed by atoms with Crippen molar-refractivity contribution in [2.45, 2.75) is 4.90 Å². The van der Waals surface area contributed by atoms with Gasteiger partial charge in [-0.05, 0) is 41.5 Å². The maximum absolute atomic E-state index is 12.7. The molecule has 0 aliphatic carbocycles. The van der Waals surface area contributed by atoms with Crippen LogP contribution in [-0.4, -0.2) is 55.6 Å². The molecular formula is C27H25N5O5S. The first-order valence-electron chi connectivity index (χ1n) is 11.7. The van der Waals surface area contributed by atoms with Crippen LogP contribution >= 0.6 is 0 Å². The van der Waals surface area contributed by atoms with Crippen molar-refractivity contribution in [1.82, 2.24) is 24.5 Å². The minimum Gasteiger partial charge on any atom is -0.497 e.